The summed E-state index contributed by atoms with van der Waals surface area (Å²) in [5.74, 6) is 0. The molecule has 90 valence electrons. The Bertz CT molecular complexity index is 439. The van der Waals surface area contributed by atoms with Crippen molar-refractivity contribution in [3.8, 4) is 0 Å². The molecule has 0 aromatic heterocycles. The van der Waals surface area contributed by atoms with Crippen molar-refractivity contribution in [3.63, 3.8) is 0 Å². The highest BCUT2D eigenvalue weighted by molar-refractivity contribution is 5.31. The lowest BCUT2D eigenvalue weighted by atomic mass is 9.88. The summed E-state index contributed by atoms with van der Waals surface area (Å²) >= 11 is 0. The van der Waals surface area contributed by atoms with Crippen molar-refractivity contribution < 1.29 is 4.74 Å². The Hall–Kier alpha value is -1.12. The summed E-state index contributed by atoms with van der Waals surface area (Å²) in [6, 6.07) is 11.1. The van der Waals surface area contributed by atoms with Crippen LogP contribution in [-0.4, -0.2) is 30.7 Å². The second-order valence-corrected chi connectivity index (χ2v) is 5.28. The fourth-order valence-corrected chi connectivity index (χ4v) is 3.21. The van der Waals surface area contributed by atoms with E-state index in [9.17, 15) is 0 Å². The SMILES string of the molecule is CC1=C[C@@]2(CCN(C)[C@H]2c2ccccc2)OC1. The van der Waals surface area contributed by atoms with E-state index in [1.807, 2.05) is 0 Å². The van der Waals surface area contributed by atoms with Crippen LogP contribution in [0.3, 0.4) is 0 Å². The van der Waals surface area contributed by atoms with Gasteiger partial charge in [0, 0.05) is 6.54 Å². The lowest BCUT2D eigenvalue weighted by Crippen LogP contribution is -2.34. The van der Waals surface area contributed by atoms with E-state index in [4.69, 9.17) is 4.74 Å². The molecule has 0 radical (unpaired) electrons. The van der Waals surface area contributed by atoms with Crippen LogP contribution < -0.4 is 0 Å². The molecule has 1 saturated heterocycles. The number of ether oxygens (including phenoxy) is 1. The zero-order chi connectivity index (χ0) is 11.9. The number of hydrogen-bond donors (Lipinski definition) is 0. The standard InChI is InChI=1S/C15H19NO/c1-12-10-15(17-11-12)8-9-16(2)14(15)13-6-4-3-5-7-13/h3-7,10,14H,8-9,11H2,1-2H3/t14-,15+/m0/s1. The first-order chi connectivity index (χ1) is 8.21. The Labute approximate surface area is 103 Å². The molecule has 0 N–H and O–H groups in total. The van der Waals surface area contributed by atoms with Crippen molar-refractivity contribution in [2.24, 2.45) is 0 Å². The molecule has 0 saturated carbocycles. The average molecular weight is 229 g/mol. The molecule has 1 spiro atoms. The Morgan fingerprint density at radius 3 is 2.71 bits per heavy atom. The maximum atomic E-state index is 6.12. The third-order valence-electron chi connectivity index (χ3n) is 3.93. The molecule has 0 aliphatic carbocycles. The quantitative estimate of drug-likeness (QED) is 0.687. The van der Waals surface area contributed by atoms with Crippen molar-refractivity contribution in [2.45, 2.75) is 25.0 Å². The molecule has 0 bridgehead atoms. The Morgan fingerprint density at radius 2 is 2.06 bits per heavy atom. The summed E-state index contributed by atoms with van der Waals surface area (Å²) in [5.41, 5.74) is 2.64. The van der Waals surface area contributed by atoms with E-state index >= 15 is 0 Å². The number of benzene rings is 1. The van der Waals surface area contributed by atoms with Gasteiger partial charge in [-0.3, -0.25) is 4.90 Å². The van der Waals surface area contributed by atoms with E-state index in [0.29, 0.717) is 6.04 Å². The minimum atomic E-state index is -0.0831. The van der Waals surface area contributed by atoms with Crippen molar-refractivity contribution >= 4 is 0 Å². The zero-order valence-electron chi connectivity index (χ0n) is 10.5. The number of likely N-dealkylation sites (N-methyl/N-ethyl adjacent to an activating group) is 1. The highest BCUT2D eigenvalue weighted by Gasteiger charge is 2.48. The van der Waals surface area contributed by atoms with Crippen LogP contribution in [0.1, 0.15) is 24.9 Å². The fourth-order valence-electron chi connectivity index (χ4n) is 3.21. The molecule has 17 heavy (non-hydrogen) atoms. The molecular formula is C15H19NO. The van der Waals surface area contributed by atoms with E-state index < -0.39 is 0 Å². The number of likely N-dealkylation sites (tertiary alicyclic amines) is 1. The van der Waals surface area contributed by atoms with Crippen molar-refractivity contribution in [1.29, 1.82) is 0 Å². The summed E-state index contributed by atoms with van der Waals surface area (Å²) < 4.78 is 6.12. The average Bonchev–Trinajstić information content (AvgIpc) is 2.85. The molecule has 1 aromatic rings. The van der Waals surface area contributed by atoms with Gasteiger partial charge >= 0.3 is 0 Å². The summed E-state index contributed by atoms with van der Waals surface area (Å²) in [6.07, 6.45) is 3.44. The minimum absolute atomic E-state index is 0.0831. The lowest BCUT2D eigenvalue weighted by molar-refractivity contribution is -0.00120. The van der Waals surface area contributed by atoms with Crippen LogP contribution in [0.2, 0.25) is 0 Å². The molecule has 1 aromatic carbocycles. The fraction of sp³-hybridized carbons (Fsp3) is 0.467. The molecule has 3 rings (SSSR count). The van der Waals surface area contributed by atoms with E-state index in [1.165, 1.54) is 11.1 Å². The molecule has 2 nitrogen and oxygen atoms in total. The van der Waals surface area contributed by atoms with E-state index in [2.05, 4.69) is 55.3 Å². The van der Waals surface area contributed by atoms with Gasteiger partial charge in [0.15, 0.2) is 0 Å². The van der Waals surface area contributed by atoms with Gasteiger partial charge in [-0.15, -0.1) is 0 Å². The molecule has 0 unspecified atom stereocenters. The molecule has 2 heteroatoms. The van der Waals surface area contributed by atoms with Crippen molar-refractivity contribution in [3.05, 3.63) is 47.5 Å². The van der Waals surface area contributed by atoms with E-state index in [0.717, 1.165) is 19.6 Å². The third kappa shape index (κ3) is 1.72. The van der Waals surface area contributed by atoms with Gasteiger partial charge in [0.25, 0.3) is 0 Å². The highest BCUT2D eigenvalue weighted by atomic mass is 16.5. The smallest absolute Gasteiger partial charge is 0.108 e. The Kier molecular flexibility index (Phi) is 2.57. The Balaban J connectivity index is 2.01. The first-order valence-corrected chi connectivity index (χ1v) is 6.29. The normalized spacial score (nSPS) is 33.3. The van der Waals surface area contributed by atoms with Crippen LogP contribution in [-0.2, 0) is 4.74 Å². The van der Waals surface area contributed by atoms with Crippen LogP contribution >= 0.6 is 0 Å². The third-order valence-corrected chi connectivity index (χ3v) is 3.93. The van der Waals surface area contributed by atoms with Crippen LogP contribution in [0.25, 0.3) is 0 Å². The van der Waals surface area contributed by atoms with Gasteiger partial charge in [-0.05, 0) is 37.6 Å². The largest absolute Gasteiger partial charge is 0.365 e. The second kappa shape index (κ2) is 3.97. The van der Waals surface area contributed by atoms with E-state index in [1.54, 1.807) is 0 Å². The van der Waals surface area contributed by atoms with Gasteiger partial charge in [-0.25, -0.2) is 0 Å². The minimum Gasteiger partial charge on any atom is -0.365 e. The number of rotatable bonds is 1. The number of hydrogen-bond acceptors (Lipinski definition) is 2. The van der Waals surface area contributed by atoms with Gasteiger partial charge in [-0.1, -0.05) is 30.3 Å². The van der Waals surface area contributed by atoms with Crippen LogP contribution in [0.5, 0.6) is 0 Å². The maximum Gasteiger partial charge on any atom is 0.108 e. The molecule has 2 aliphatic heterocycles. The summed E-state index contributed by atoms with van der Waals surface area (Å²) in [6.45, 7) is 4.05. The summed E-state index contributed by atoms with van der Waals surface area (Å²) in [4.78, 5) is 2.41. The Morgan fingerprint density at radius 1 is 1.29 bits per heavy atom. The van der Waals surface area contributed by atoms with Crippen LogP contribution in [0.15, 0.2) is 42.0 Å². The van der Waals surface area contributed by atoms with Gasteiger partial charge in [0.05, 0.1) is 12.6 Å². The molecule has 1 fully saturated rings. The maximum absolute atomic E-state index is 6.12. The van der Waals surface area contributed by atoms with Gasteiger partial charge < -0.3 is 4.74 Å². The lowest BCUT2D eigenvalue weighted by Gasteiger charge is -2.32. The number of nitrogens with zero attached hydrogens (tertiary/aromatic N) is 1. The molecule has 2 heterocycles. The summed E-state index contributed by atoms with van der Waals surface area (Å²) in [7, 11) is 2.19. The van der Waals surface area contributed by atoms with E-state index in [-0.39, 0.29) is 5.60 Å². The first-order valence-electron chi connectivity index (χ1n) is 6.29. The van der Waals surface area contributed by atoms with Crippen LogP contribution in [0.4, 0.5) is 0 Å². The van der Waals surface area contributed by atoms with Crippen LogP contribution in [0, 0.1) is 0 Å². The molecule has 2 aliphatic rings. The molecular weight excluding hydrogens is 210 g/mol. The van der Waals surface area contributed by atoms with Crippen molar-refractivity contribution in [2.75, 3.05) is 20.2 Å². The predicted octanol–water partition coefficient (Wildman–Crippen LogP) is 2.78. The highest BCUT2D eigenvalue weighted by Crippen LogP contribution is 2.46. The van der Waals surface area contributed by atoms with Gasteiger partial charge in [-0.2, -0.15) is 0 Å². The predicted molar refractivity (Wildman–Crippen MR) is 68.9 cm³/mol. The topological polar surface area (TPSA) is 12.5 Å². The summed E-state index contributed by atoms with van der Waals surface area (Å²) in [5, 5.41) is 0. The molecule has 2 atom stereocenters. The van der Waals surface area contributed by atoms with Gasteiger partial charge in [0.1, 0.15) is 5.60 Å². The first kappa shape index (κ1) is 11.0. The monoisotopic (exact) mass is 229 g/mol. The molecule has 0 amide bonds. The van der Waals surface area contributed by atoms with Crippen molar-refractivity contribution in [1.82, 2.24) is 4.90 Å². The van der Waals surface area contributed by atoms with Gasteiger partial charge in [0.2, 0.25) is 0 Å². The zero-order valence-corrected chi connectivity index (χ0v) is 10.5. The second-order valence-electron chi connectivity index (χ2n) is 5.28.